The Hall–Kier alpha value is -0.160. The van der Waals surface area contributed by atoms with Crippen LogP contribution in [0.1, 0.15) is 12.8 Å². The van der Waals surface area contributed by atoms with Gasteiger partial charge in [0.2, 0.25) is 0 Å². The maximum atomic E-state index is 5.95. The van der Waals surface area contributed by atoms with Crippen molar-refractivity contribution in [2.75, 3.05) is 40.1 Å². The van der Waals surface area contributed by atoms with Crippen LogP contribution >= 0.6 is 0 Å². The molecule has 0 aromatic heterocycles. The molecule has 0 aromatic rings. The first-order valence-electron chi connectivity index (χ1n) is 5.31. The van der Waals surface area contributed by atoms with E-state index in [-0.39, 0.29) is 5.60 Å². The van der Waals surface area contributed by atoms with Gasteiger partial charge in [0, 0.05) is 39.7 Å². The van der Waals surface area contributed by atoms with Crippen molar-refractivity contribution in [1.82, 2.24) is 5.32 Å². The van der Waals surface area contributed by atoms with Gasteiger partial charge in [0.25, 0.3) is 0 Å². The Kier molecular flexibility index (Phi) is 3.38. The largest absolute Gasteiger partial charge is 0.383 e. The third-order valence-electron chi connectivity index (χ3n) is 3.19. The number of hydrogen-bond acceptors (Lipinski definition) is 4. The highest BCUT2D eigenvalue weighted by molar-refractivity contribution is 4.97. The first-order chi connectivity index (χ1) is 6.87. The van der Waals surface area contributed by atoms with Gasteiger partial charge in [0.05, 0.1) is 24.9 Å². The highest BCUT2D eigenvalue weighted by Crippen LogP contribution is 2.30. The summed E-state index contributed by atoms with van der Waals surface area (Å²) < 4.78 is 16.5. The summed E-state index contributed by atoms with van der Waals surface area (Å²) in [4.78, 5) is 0. The average molecular weight is 201 g/mol. The number of hydrogen-bond donors (Lipinski definition) is 1. The zero-order valence-corrected chi connectivity index (χ0v) is 8.75. The summed E-state index contributed by atoms with van der Waals surface area (Å²) in [5.41, 5.74) is -0.0352. The van der Waals surface area contributed by atoms with Crippen LogP contribution in [0.25, 0.3) is 0 Å². The van der Waals surface area contributed by atoms with Gasteiger partial charge in [-0.1, -0.05) is 0 Å². The van der Waals surface area contributed by atoms with Crippen LogP contribution in [0.5, 0.6) is 0 Å². The average Bonchev–Trinajstić information content (AvgIpc) is 2.23. The van der Waals surface area contributed by atoms with Crippen LogP contribution in [0, 0.1) is 0 Å². The van der Waals surface area contributed by atoms with Gasteiger partial charge < -0.3 is 19.5 Å². The molecule has 2 rings (SSSR count). The van der Waals surface area contributed by atoms with Crippen molar-refractivity contribution < 1.29 is 14.2 Å². The molecule has 82 valence electrons. The number of methoxy groups -OCH3 is 1. The van der Waals surface area contributed by atoms with Crippen LogP contribution in [-0.4, -0.2) is 51.7 Å². The summed E-state index contributed by atoms with van der Waals surface area (Å²) in [6, 6.07) is 0.324. The summed E-state index contributed by atoms with van der Waals surface area (Å²) in [6.07, 6.45) is 1.96. The smallest absolute Gasteiger partial charge is 0.0901 e. The molecule has 0 amide bonds. The first kappa shape index (κ1) is 10.4. The lowest BCUT2D eigenvalue weighted by Crippen LogP contribution is -2.61. The summed E-state index contributed by atoms with van der Waals surface area (Å²) in [5, 5.41) is 3.48. The maximum absolute atomic E-state index is 5.95. The molecule has 0 aromatic carbocycles. The van der Waals surface area contributed by atoms with Gasteiger partial charge in [-0.25, -0.2) is 0 Å². The van der Waals surface area contributed by atoms with E-state index in [1.54, 1.807) is 7.11 Å². The maximum Gasteiger partial charge on any atom is 0.0901 e. The lowest BCUT2D eigenvalue weighted by Gasteiger charge is -2.46. The molecule has 4 nitrogen and oxygen atoms in total. The highest BCUT2D eigenvalue weighted by atomic mass is 16.5. The molecular formula is C10H19NO3. The molecule has 1 spiro atoms. The first-order valence-corrected chi connectivity index (χ1v) is 5.31. The quantitative estimate of drug-likeness (QED) is 0.691. The number of rotatable bonds is 2. The van der Waals surface area contributed by atoms with E-state index in [0.717, 1.165) is 45.8 Å². The van der Waals surface area contributed by atoms with E-state index in [2.05, 4.69) is 5.32 Å². The van der Waals surface area contributed by atoms with Gasteiger partial charge in [-0.05, 0) is 0 Å². The van der Waals surface area contributed by atoms with Crippen LogP contribution in [0.15, 0.2) is 0 Å². The van der Waals surface area contributed by atoms with Crippen molar-refractivity contribution in [3.63, 3.8) is 0 Å². The molecule has 0 saturated carbocycles. The van der Waals surface area contributed by atoms with E-state index in [1.165, 1.54) is 0 Å². The van der Waals surface area contributed by atoms with Gasteiger partial charge in [0.1, 0.15) is 0 Å². The van der Waals surface area contributed by atoms with Crippen LogP contribution in [0.2, 0.25) is 0 Å². The van der Waals surface area contributed by atoms with Gasteiger partial charge in [-0.2, -0.15) is 0 Å². The second-order valence-corrected chi connectivity index (χ2v) is 3.99. The standard InChI is InChI=1S/C10H19NO3/c1-12-8-9-10(14-7-4-11-9)2-5-13-6-3-10/h9,11H,2-8H2,1H3. The summed E-state index contributed by atoms with van der Waals surface area (Å²) in [5.74, 6) is 0. The topological polar surface area (TPSA) is 39.7 Å². The molecule has 2 aliphatic rings. The van der Waals surface area contributed by atoms with Gasteiger partial charge in [-0.3, -0.25) is 0 Å². The minimum atomic E-state index is -0.0352. The van der Waals surface area contributed by atoms with Crippen molar-refractivity contribution >= 4 is 0 Å². The molecule has 0 aliphatic carbocycles. The monoisotopic (exact) mass is 201 g/mol. The number of morpholine rings is 1. The molecule has 2 aliphatic heterocycles. The fraction of sp³-hybridized carbons (Fsp3) is 1.00. The molecule has 1 unspecified atom stereocenters. The minimum absolute atomic E-state index is 0.0352. The van der Waals surface area contributed by atoms with Crippen molar-refractivity contribution in [3.05, 3.63) is 0 Å². The Bertz CT molecular complexity index is 170. The third-order valence-corrected chi connectivity index (χ3v) is 3.19. The van der Waals surface area contributed by atoms with Crippen LogP contribution < -0.4 is 5.32 Å². The zero-order chi connectivity index (χ0) is 9.86. The van der Waals surface area contributed by atoms with Gasteiger partial charge in [-0.15, -0.1) is 0 Å². The fourth-order valence-corrected chi connectivity index (χ4v) is 2.36. The third kappa shape index (κ3) is 1.93. The summed E-state index contributed by atoms with van der Waals surface area (Å²) >= 11 is 0. The SMILES string of the molecule is COCC1NCCOC12CCOCC2. The summed E-state index contributed by atoms with van der Waals surface area (Å²) in [6.45, 7) is 4.07. The molecule has 2 saturated heterocycles. The van der Waals surface area contributed by atoms with Crippen molar-refractivity contribution in [3.8, 4) is 0 Å². The number of ether oxygens (including phenoxy) is 3. The highest BCUT2D eigenvalue weighted by Gasteiger charge is 2.43. The van der Waals surface area contributed by atoms with Crippen molar-refractivity contribution in [2.45, 2.75) is 24.5 Å². The minimum Gasteiger partial charge on any atom is -0.383 e. The lowest BCUT2D eigenvalue weighted by molar-refractivity contribution is -0.156. The molecule has 2 fully saturated rings. The Morgan fingerprint density at radius 1 is 1.36 bits per heavy atom. The van der Waals surface area contributed by atoms with Crippen molar-refractivity contribution in [1.29, 1.82) is 0 Å². The van der Waals surface area contributed by atoms with E-state index in [0.29, 0.717) is 6.04 Å². The molecule has 0 radical (unpaired) electrons. The van der Waals surface area contributed by atoms with Crippen LogP contribution in [0.3, 0.4) is 0 Å². The summed E-state index contributed by atoms with van der Waals surface area (Å²) in [7, 11) is 1.74. The predicted molar refractivity (Wildman–Crippen MR) is 52.4 cm³/mol. The zero-order valence-electron chi connectivity index (χ0n) is 8.75. The molecule has 4 heteroatoms. The molecule has 1 N–H and O–H groups in total. The normalized spacial score (nSPS) is 31.9. The molecule has 1 atom stereocenters. The Labute approximate surface area is 84.9 Å². The number of nitrogens with one attached hydrogen (secondary N) is 1. The van der Waals surface area contributed by atoms with Gasteiger partial charge >= 0.3 is 0 Å². The Morgan fingerprint density at radius 2 is 2.14 bits per heavy atom. The predicted octanol–water partition coefficient (Wildman–Crippen LogP) is 0.170. The van der Waals surface area contributed by atoms with Crippen molar-refractivity contribution in [2.24, 2.45) is 0 Å². The van der Waals surface area contributed by atoms with Gasteiger partial charge in [0.15, 0.2) is 0 Å². The molecule has 14 heavy (non-hydrogen) atoms. The molecule has 2 heterocycles. The second-order valence-electron chi connectivity index (χ2n) is 3.99. The van der Waals surface area contributed by atoms with Crippen LogP contribution in [-0.2, 0) is 14.2 Å². The van der Waals surface area contributed by atoms with E-state index in [4.69, 9.17) is 14.2 Å². The molecular weight excluding hydrogens is 182 g/mol. The Balaban J connectivity index is 2.02. The van der Waals surface area contributed by atoms with E-state index in [9.17, 15) is 0 Å². The second kappa shape index (κ2) is 4.57. The van der Waals surface area contributed by atoms with E-state index < -0.39 is 0 Å². The van der Waals surface area contributed by atoms with E-state index >= 15 is 0 Å². The Morgan fingerprint density at radius 3 is 2.86 bits per heavy atom. The lowest BCUT2D eigenvalue weighted by atomic mass is 9.85. The fourth-order valence-electron chi connectivity index (χ4n) is 2.36. The van der Waals surface area contributed by atoms with Crippen LogP contribution in [0.4, 0.5) is 0 Å². The molecule has 0 bridgehead atoms. The van der Waals surface area contributed by atoms with E-state index in [1.807, 2.05) is 0 Å².